The van der Waals surface area contributed by atoms with E-state index in [9.17, 15) is 19.2 Å². The molecule has 0 spiro atoms. The number of ketones is 2. The Morgan fingerprint density at radius 2 is 1.56 bits per heavy atom. The van der Waals surface area contributed by atoms with E-state index in [0.717, 1.165) is 0 Å². The smallest absolute Gasteiger partial charge is 0.313 e. The number of hydrogen-bond donors (Lipinski definition) is 0. The van der Waals surface area contributed by atoms with Crippen molar-refractivity contribution in [3.63, 3.8) is 0 Å². The molecular formula is C21H34O6. The van der Waals surface area contributed by atoms with Gasteiger partial charge in [0.05, 0.1) is 11.3 Å². The summed E-state index contributed by atoms with van der Waals surface area (Å²) >= 11 is 0. The van der Waals surface area contributed by atoms with Crippen LogP contribution in [0.15, 0.2) is 12.7 Å². The maximum absolute atomic E-state index is 13.0. The molecule has 0 N–H and O–H groups in total. The predicted molar refractivity (Wildman–Crippen MR) is 103 cm³/mol. The number of ether oxygens (including phenoxy) is 2. The number of carbonyl (C=O) groups excluding carboxylic acids is 4. The minimum Gasteiger partial charge on any atom is -0.462 e. The third-order valence-electron chi connectivity index (χ3n) is 4.35. The highest BCUT2D eigenvalue weighted by Gasteiger charge is 2.43. The van der Waals surface area contributed by atoms with E-state index in [2.05, 4.69) is 6.58 Å². The van der Waals surface area contributed by atoms with Gasteiger partial charge in [-0.1, -0.05) is 19.9 Å². The van der Waals surface area contributed by atoms with Gasteiger partial charge in [-0.05, 0) is 47.0 Å². The molecule has 3 atom stereocenters. The van der Waals surface area contributed by atoms with Gasteiger partial charge in [0, 0.05) is 6.92 Å². The SMILES string of the molecule is C=CC[C@H](C)[C@H](OC(C)=O)[C@@H](C)C(=O)C(C)(C)C(=O)CC(=O)OC(C)(C)C. The molecule has 0 amide bonds. The van der Waals surface area contributed by atoms with Crippen LogP contribution in [0, 0.1) is 17.3 Å². The fraction of sp³-hybridized carbons (Fsp3) is 0.714. The van der Waals surface area contributed by atoms with E-state index in [1.807, 2.05) is 6.92 Å². The Morgan fingerprint density at radius 1 is 1.04 bits per heavy atom. The first-order chi connectivity index (χ1) is 12.1. The Kier molecular flexibility index (Phi) is 9.09. The van der Waals surface area contributed by atoms with Crippen molar-refractivity contribution in [2.75, 3.05) is 0 Å². The maximum atomic E-state index is 13.0. The van der Waals surface area contributed by atoms with Crippen molar-refractivity contribution < 1.29 is 28.7 Å². The third-order valence-corrected chi connectivity index (χ3v) is 4.35. The minimum atomic E-state index is -1.40. The van der Waals surface area contributed by atoms with Gasteiger partial charge < -0.3 is 9.47 Å². The van der Waals surface area contributed by atoms with Gasteiger partial charge in [-0.15, -0.1) is 6.58 Å². The van der Waals surface area contributed by atoms with Gasteiger partial charge in [-0.25, -0.2) is 0 Å². The fourth-order valence-electron chi connectivity index (χ4n) is 2.89. The van der Waals surface area contributed by atoms with Crippen molar-refractivity contribution in [3.8, 4) is 0 Å². The molecule has 6 nitrogen and oxygen atoms in total. The molecule has 0 aliphatic heterocycles. The summed E-state index contributed by atoms with van der Waals surface area (Å²) in [5.41, 5.74) is -2.11. The molecule has 0 aromatic carbocycles. The van der Waals surface area contributed by atoms with Crippen molar-refractivity contribution >= 4 is 23.5 Å². The van der Waals surface area contributed by atoms with Gasteiger partial charge in [-0.2, -0.15) is 0 Å². The standard InChI is InChI=1S/C21H34O6/c1-10-11-13(2)18(26-15(4)22)14(3)19(25)21(8,9)16(23)12-17(24)27-20(5,6)7/h10,13-14,18H,1,11-12H2,2-9H3/t13-,14+,18-/m0/s1. The van der Waals surface area contributed by atoms with Crippen molar-refractivity contribution in [2.24, 2.45) is 17.3 Å². The molecule has 27 heavy (non-hydrogen) atoms. The van der Waals surface area contributed by atoms with E-state index in [4.69, 9.17) is 9.47 Å². The van der Waals surface area contributed by atoms with Crippen LogP contribution in [0.1, 0.15) is 68.2 Å². The van der Waals surface area contributed by atoms with Crippen LogP contribution in [-0.4, -0.2) is 35.2 Å². The first-order valence-corrected chi connectivity index (χ1v) is 9.21. The molecule has 0 saturated carbocycles. The largest absolute Gasteiger partial charge is 0.462 e. The number of hydrogen-bond acceptors (Lipinski definition) is 6. The van der Waals surface area contributed by atoms with Gasteiger partial charge in [0.25, 0.3) is 0 Å². The van der Waals surface area contributed by atoms with Gasteiger partial charge in [-0.3, -0.25) is 19.2 Å². The molecule has 0 aromatic rings. The Labute approximate surface area is 162 Å². The topological polar surface area (TPSA) is 86.7 Å². The summed E-state index contributed by atoms with van der Waals surface area (Å²) in [4.78, 5) is 49.0. The molecule has 0 heterocycles. The van der Waals surface area contributed by atoms with E-state index in [-0.39, 0.29) is 11.7 Å². The van der Waals surface area contributed by atoms with E-state index >= 15 is 0 Å². The molecule has 0 fully saturated rings. The van der Waals surface area contributed by atoms with Crippen LogP contribution in [0.25, 0.3) is 0 Å². The first-order valence-electron chi connectivity index (χ1n) is 9.21. The summed E-state index contributed by atoms with van der Waals surface area (Å²) in [5.74, 6) is -2.90. The summed E-state index contributed by atoms with van der Waals surface area (Å²) in [6, 6.07) is 0. The van der Waals surface area contributed by atoms with E-state index in [0.29, 0.717) is 6.42 Å². The summed E-state index contributed by atoms with van der Waals surface area (Å²) < 4.78 is 10.5. The first kappa shape index (κ1) is 25.0. The fourth-order valence-corrected chi connectivity index (χ4v) is 2.89. The van der Waals surface area contributed by atoms with E-state index < -0.39 is 47.2 Å². The molecular weight excluding hydrogens is 348 g/mol. The average molecular weight is 382 g/mol. The quantitative estimate of drug-likeness (QED) is 0.325. The lowest BCUT2D eigenvalue weighted by Gasteiger charge is -2.32. The van der Waals surface area contributed by atoms with Crippen LogP contribution in [0.4, 0.5) is 0 Å². The monoisotopic (exact) mass is 382 g/mol. The second-order valence-electron chi connectivity index (χ2n) is 8.54. The molecule has 0 saturated heterocycles. The number of Topliss-reactive ketones (excluding diaryl/α,β-unsaturated/α-hetero) is 2. The lowest BCUT2D eigenvalue weighted by atomic mass is 9.74. The van der Waals surface area contributed by atoms with Crippen LogP contribution in [0.3, 0.4) is 0 Å². The Morgan fingerprint density at radius 3 is 1.96 bits per heavy atom. The van der Waals surface area contributed by atoms with Crippen molar-refractivity contribution in [1.29, 1.82) is 0 Å². The highest BCUT2D eigenvalue weighted by atomic mass is 16.6. The van der Waals surface area contributed by atoms with Crippen LogP contribution < -0.4 is 0 Å². The zero-order valence-corrected chi connectivity index (χ0v) is 17.9. The molecule has 6 heteroatoms. The summed E-state index contributed by atoms with van der Waals surface area (Å²) in [7, 11) is 0. The average Bonchev–Trinajstić information content (AvgIpc) is 2.49. The number of allylic oxidation sites excluding steroid dienone is 1. The van der Waals surface area contributed by atoms with Gasteiger partial charge in [0.15, 0.2) is 11.6 Å². The highest BCUT2D eigenvalue weighted by Crippen LogP contribution is 2.30. The maximum Gasteiger partial charge on any atom is 0.313 e. The number of carbonyl (C=O) groups is 4. The molecule has 0 aliphatic carbocycles. The van der Waals surface area contributed by atoms with Gasteiger partial charge in [0.2, 0.25) is 0 Å². The lowest BCUT2D eigenvalue weighted by molar-refractivity contribution is -0.159. The molecule has 0 rings (SSSR count). The Bertz CT molecular complexity index is 582. The van der Waals surface area contributed by atoms with E-state index in [1.54, 1.807) is 33.8 Å². The normalized spacial score (nSPS) is 15.3. The van der Waals surface area contributed by atoms with Crippen LogP contribution in [0.2, 0.25) is 0 Å². The van der Waals surface area contributed by atoms with Crippen LogP contribution in [-0.2, 0) is 28.7 Å². The van der Waals surface area contributed by atoms with Gasteiger partial charge >= 0.3 is 11.9 Å². The molecule has 0 aromatic heterocycles. The highest BCUT2D eigenvalue weighted by molar-refractivity contribution is 6.11. The minimum absolute atomic E-state index is 0.137. The Hall–Kier alpha value is -1.98. The Balaban J connectivity index is 5.37. The van der Waals surface area contributed by atoms with Crippen molar-refractivity contribution in [3.05, 3.63) is 12.7 Å². The summed E-state index contributed by atoms with van der Waals surface area (Å²) in [6.45, 7) is 16.5. The van der Waals surface area contributed by atoms with Crippen molar-refractivity contribution in [1.82, 2.24) is 0 Å². The van der Waals surface area contributed by atoms with Gasteiger partial charge in [0.1, 0.15) is 18.1 Å². The molecule has 0 bridgehead atoms. The molecule has 0 aliphatic rings. The second-order valence-corrected chi connectivity index (χ2v) is 8.54. The van der Waals surface area contributed by atoms with Crippen LogP contribution in [0.5, 0.6) is 0 Å². The molecule has 154 valence electrons. The van der Waals surface area contributed by atoms with Crippen molar-refractivity contribution in [2.45, 2.75) is 79.9 Å². The summed E-state index contributed by atoms with van der Waals surface area (Å²) in [6.07, 6.45) is 1.09. The molecule has 0 unspecified atom stereocenters. The van der Waals surface area contributed by atoms with Crippen LogP contribution >= 0.6 is 0 Å². The summed E-state index contributed by atoms with van der Waals surface area (Å²) in [5, 5.41) is 0. The second kappa shape index (κ2) is 9.81. The zero-order valence-electron chi connectivity index (χ0n) is 17.9. The third kappa shape index (κ3) is 8.06. The van der Waals surface area contributed by atoms with E-state index in [1.165, 1.54) is 20.8 Å². The zero-order chi connectivity index (χ0) is 21.6. The number of rotatable bonds is 10. The lowest BCUT2D eigenvalue weighted by Crippen LogP contribution is -2.45. The molecule has 0 radical (unpaired) electrons. The predicted octanol–water partition coefficient (Wildman–Crippen LogP) is 3.66. The number of esters is 2.